The molecule has 0 saturated carbocycles. The van der Waals surface area contributed by atoms with E-state index in [9.17, 15) is 21.6 Å². The van der Waals surface area contributed by atoms with E-state index in [4.69, 9.17) is 0 Å². The first-order valence-electron chi connectivity index (χ1n) is 8.66. The zero-order chi connectivity index (χ0) is 19.1. The van der Waals surface area contributed by atoms with Crippen molar-refractivity contribution in [2.45, 2.75) is 91.5 Å². The molecular weight excluding hydrogens is 341 g/mol. The number of hydrogen-bond donors (Lipinski definition) is 0. The molecule has 0 fully saturated rings. The summed E-state index contributed by atoms with van der Waals surface area (Å²) in [5, 5.41) is 0. The van der Waals surface area contributed by atoms with Crippen molar-refractivity contribution in [3.05, 3.63) is 0 Å². The fourth-order valence-electron chi connectivity index (χ4n) is 2.16. The molecule has 0 radical (unpaired) electrons. The molecule has 0 aliphatic carbocycles. The first-order chi connectivity index (χ1) is 10.7. The number of alkyl halides is 3. The van der Waals surface area contributed by atoms with E-state index in [1.54, 1.807) is 0 Å². The van der Waals surface area contributed by atoms with Crippen LogP contribution in [0, 0.1) is 10.8 Å². The van der Waals surface area contributed by atoms with Gasteiger partial charge in [0.25, 0.3) is 0 Å². The lowest BCUT2D eigenvalue weighted by atomic mass is 9.67. The van der Waals surface area contributed by atoms with Gasteiger partial charge in [0, 0.05) is 0 Å². The van der Waals surface area contributed by atoms with Crippen molar-refractivity contribution in [2.75, 3.05) is 6.61 Å². The lowest BCUT2D eigenvalue weighted by molar-refractivity contribution is -0.0542. The molecule has 0 N–H and O–H groups in total. The summed E-state index contributed by atoms with van der Waals surface area (Å²) in [5.41, 5.74) is -4.74. The van der Waals surface area contributed by atoms with E-state index in [0.29, 0.717) is 18.3 Å². The standard InChI is InChI=1S/C17H33F3O3S/c1-15(2,3)16(4,5)13-11-9-7-6-8-10-12-14-23-24(21,22)17(18,19)20/h6-14H2,1-5H3. The Bertz CT molecular complexity index is 449. The number of hydrogen-bond acceptors (Lipinski definition) is 3. The molecule has 0 aromatic heterocycles. The lowest BCUT2D eigenvalue weighted by Crippen LogP contribution is -2.29. The lowest BCUT2D eigenvalue weighted by Gasteiger charge is -2.39. The molecule has 0 aliphatic heterocycles. The summed E-state index contributed by atoms with van der Waals surface area (Å²) in [6, 6.07) is 0. The van der Waals surface area contributed by atoms with Crippen LogP contribution < -0.4 is 0 Å². The Kier molecular flexibility index (Phi) is 9.29. The molecular formula is C17H33F3O3S. The van der Waals surface area contributed by atoms with Gasteiger partial charge in [0.05, 0.1) is 6.61 Å². The summed E-state index contributed by atoms with van der Waals surface area (Å²) in [7, 11) is -5.43. The second-order valence-corrected chi connectivity index (χ2v) is 9.69. The Labute approximate surface area is 145 Å². The van der Waals surface area contributed by atoms with Crippen molar-refractivity contribution < 1.29 is 25.8 Å². The fourth-order valence-corrected chi connectivity index (χ4v) is 2.63. The quantitative estimate of drug-likeness (QED) is 0.251. The molecule has 0 heterocycles. The van der Waals surface area contributed by atoms with Crippen molar-refractivity contribution >= 4 is 10.1 Å². The van der Waals surface area contributed by atoms with Crippen molar-refractivity contribution in [1.82, 2.24) is 0 Å². The largest absolute Gasteiger partial charge is 0.523 e. The van der Waals surface area contributed by atoms with Crippen LogP contribution in [0.15, 0.2) is 0 Å². The highest BCUT2D eigenvalue weighted by molar-refractivity contribution is 7.87. The highest BCUT2D eigenvalue weighted by Crippen LogP contribution is 2.41. The van der Waals surface area contributed by atoms with E-state index in [2.05, 4.69) is 38.8 Å². The minimum absolute atomic E-state index is 0.281. The number of unbranched alkanes of at least 4 members (excludes halogenated alkanes) is 6. The van der Waals surface area contributed by atoms with Crippen LogP contribution in [0.4, 0.5) is 13.2 Å². The molecule has 0 atom stereocenters. The minimum Gasteiger partial charge on any atom is -0.263 e. The molecule has 7 heteroatoms. The summed E-state index contributed by atoms with van der Waals surface area (Å²) in [4.78, 5) is 0. The van der Waals surface area contributed by atoms with Crippen LogP contribution in [0.3, 0.4) is 0 Å². The Morgan fingerprint density at radius 3 is 1.58 bits per heavy atom. The van der Waals surface area contributed by atoms with Gasteiger partial charge in [-0.05, 0) is 23.7 Å². The van der Waals surface area contributed by atoms with Crippen LogP contribution in [0.1, 0.15) is 86.0 Å². The van der Waals surface area contributed by atoms with Crippen LogP contribution in [0.5, 0.6) is 0 Å². The third kappa shape index (κ3) is 8.70. The SMILES string of the molecule is CC(C)(C)C(C)(C)CCCCCCCCCOS(=O)(=O)C(F)(F)F. The van der Waals surface area contributed by atoms with Crippen LogP contribution >= 0.6 is 0 Å². The van der Waals surface area contributed by atoms with E-state index in [0.717, 1.165) is 25.7 Å². The molecule has 0 aromatic carbocycles. The van der Waals surface area contributed by atoms with E-state index in [1.807, 2.05) is 0 Å². The van der Waals surface area contributed by atoms with Gasteiger partial charge in [-0.25, -0.2) is 0 Å². The summed E-state index contributed by atoms with van der Waals surface area (Å²) in [6.45, 7) is 11.0. The molecule has 0 rings (SSSR count). The van der Waals surface area contributed by atoms with Gasteiger partial charge in [0.1, 0.15) is 0 Å². The van der Waals surface area contributed by atoms with Gasteiger partial charge in [0.2, 0.25) is 0 Å². The minimum atomic E-state index is -5.43. The zero-order valence-corrected chi connectivity index (χ0v) is 16.4. The Balaban J connectivity index is 3.64. The first kappa shape index (κ1) is 23.7. The Morgan fingerprint density at radius 2 is 1.17 bits per heavy atom. The molecule has 146 valence electrons. The summed E-state index contributed by atoms with van der Waals surface area (Å²) >= 11 is 0. The van der Waals surface area contributed by atoms with Crippen molar-refractivity contribution in [3.8, 4) is 0 Å². The second kappa shape index (κ2) is 9.41. The molecule has 3 nitrogen and oxygen atoms in total. The highest BCUT2D eigenvalue weighted by Gasteiger charge is 2.47. The number of rotatable bonds is 11. The maximum absolute atomic E-state index is 12.0. The van der Waals surface area contributed by atoms with Gasteiger partial charge in [-0.3, -0.25) is 4.18 Å². The maximum Gasteiger partial charge on any atom is 0.523 e. The number of halogens is 3. The average molecular weight is 375 g/mol. The third-order valence-electron chi connectivity index (χ3n) is 5.00. The van der Waals surface area contributed by atoms with Crippen molar-refractivity contribution in [2.24, 2.45) is 10.8 Å². The second-order valence-electron chi connectivity index (χ2n) is 8.08. The Hall–Kier alpha value is -0.300. The Morgan fingerprint density at radius 1 is 0.750 bits per heavy atom. The van der Waals surface area contributed by atoms with Crippen molar-refractivity contribution in [3.63, 3.8) is 0 Å². The molecule has 24 heavy (non-hydrogen) atoms. The molecule has 0 saturated heterocycles. The molecule has 0 amide bonds. The van der Waals surface area contributed by atoms with E-state index >= 15 is 0 Å². The fraction of sp³-hybridized carbons (Fsp3) is 1.00. The van der Waals surface area contributed by atoms with Gasteiger partial charge >= 0.3 is 15.6 Å². The topological polar surface area (TPSA) is 43.4 Å². The van der Waals surface area contributed by atoms with E-state index in [-0.39, 0.29) is 5.41 Å². The van der Waals surface area contributed by atoms with Gasteiger partial charge < -0.3 is 0 Å². The third-order valence-corrected chi connectivity index (χ3v) is 6.04. The van der Waals surface area contributed by atoms with E-state index < -0.39 is 22.2 Å². The predicted molar refractivity (Wildman–Crippen MR) is 91.1 cm³/mol. The highest BCUT2D eigenvalue weighted by atomic mass is 32.2. The smallest absolute Gasteiger partial charge is 0.263 e. The first-order valence-corrected chi connectivity index (χ1v) is 10.1. The van der Waals surface area contributed by atoms with Crippen molar-refractivity contribution in [1.29, 1.82) is 0 Å². The summed E-state index contributed by atoms with van der Waals surface area (Å²) in [5.74, 6) is 0. The monoisotopic (exact) mass is 374 g/mol. The van der Waals surface area contributed by atoms with Gasteiger partial charge in [-0.2, -0.15) is 21.6 Å². The molecule has 0 aromatic rings. The van der Waals surface area contributed by atoms with Crippen LogP contribution in [-0.4, -0.2) is 20.5 Å². The van der Waals surface area contributed by atoms with Crippen LogP contribution in [-0.2, 0) is 14.3 Å². The molecule has 0 spiro atoms. The van der Waals surface area contributed by atoms with E-state index in [1.165, 1.54) is 12.8 Å². The van der Waals surface area contributed by atoms with Gasteiger partial charge in [-0.15, -0.1) is 0 Å². The molecule has 0 bridgehead atoms. The predicted octanol–water partition coefficient (Wildman–Crippen LogP) is 6.05. The summed E-state index contributed by atoms with van der Waals surface area (Å²) < 4.78 is 61.4. The van der Waals surface area contributed by atoms with Gasteiger partial charge in [0.15, 0.2) is 0 Å². The normalized spacial score (nSPS) is 14.2. The van der Waals surface area contributed by atoms with Crippen LogP contribution in [0.2, 0.25) is 0 Å². The average Bonchev–Trinajstić information content (AvgIpc) is 2.38. The molecule has 0 aliphatic rings. The summed E-state index contributed by atoms with van der Waals surface area (Å²) in [6.07, 6.45) is 7.52. The zero-order valence-electron chi connectivity index (χ0n) is 15.6. The van der Waals surface area contributed by atoms with Gasteiger partial charge in [-0.1, -0.05) is 73.1 Å². The maximum atomic E-state index is 12.0. The van der Waals surface area contributed by atoms with Crippen LogP contribution in [0.25, 0.3) is 0 Å². The molecule has 0 unspecified atom stereocenters.